The number of nitrogens with one attached hydrogen (secondary N) is 3. The van der Waals surface area contributed by atoms with Gasteiger partial charge in [-0.25, -0.2) is 13.2 Å². The van der Waals surface area contributed by atoms with E-state index in [1.807, 2.05) is 0 Å². The SMILES string of the molecule is O=C(O)c1c(Nn2c(=O)c2=O)sc2c1CC(CN=C1NS(=O)(=O)c3ccccc31)NC2. The van der Waals surface area contributed by atoms with E-state index in [9.17, 15) is 27.9 Å². The van der Waals surface area contributed by atoms with Crippen LogP contribution in [-0.2, 0) is 23.0 Å². The van der Waals surface area contributed by atoms with Crippen molar-refractivity contribution >= 4 is 38.2 Å². The lowest BCUT2D eigenvalue weighted by molar-refractivity contribution is 0.0696. The predicted octanol–water partition coefficient (Wildman–Crippen LogP) is -0.528. The number of carboxylic acid groups (broad SMARTS) is 1. The van der Waals surface area contributed by atoms with E-state index in [0.29, 0.717) is 24.1 Å². The molecule has 31 heavy (non-hydrogen) atoms. The molecule has 2 aliphatic heterocycles. The van der Waals surface area contributed by atoms with Crippen molar-refractivity contribution in [2.24, 2.45) is 4.99 Å². The van der Waals surface area contributed by atoms with Gasteiger partial charge in [-0.05, 0) is 24.1 Å². The minimum absolute atomic E-state index is 0.0265. The summed E-state index contributed by atoms with van der Waals surface area (Å²) in [4.78, 5) is 39.7. The molecule has 1 aromatic carbocycles. The van der Waals surface area contributed by atoms with Gasteiger partial charge < -0.3 is 10.4 Å². The molecular formula is C18H15N5O6S2. The molecular weight excluding hydrogens is 446 g/mol. The predicted molar refractivity (Wildman–Crippen MR) is 112 cm³/mol. The van der Waals surface area contributed by atoms with Gasteiger partial charge in [0.1, 0.15) is 10.8 Å². The van der Waals surface area contributed by atoms with E-state index in [4.69, 9.17) is 0 Å². The Hall–Kier alpha value is -3.29. The summed E-state index contributed by atoms with van der Waals surface area (Å²) in [6, 6.07) is 6.33. The minimum atomic E-state index is -3.63. The van der Waals surface area contributed by atoms with Crippen LogP contribution in [0.5, 0.6) is 0 Å². The molecule has 0 spiro atoms. The monoisotopic (exact) mass is 461 g/mol. The van der Waals surface area contributed by atoms with Crippen LogP contribution in [0.2, 0.25) is 0 Å². The third kappa shape index (κ3) is 3.26. The third-order valence-corrected chi connectivity index (χ3v) is 7.73. The number of carboxylic acids is 1. The van der Waals surface area contributed by atoms with Gasteiger partial charge in [0.2, 0.25) is 0 Å². The molecule has 160 valence electrons. The van der Waals surface area contributed by atoms with Gasteiger partial charge in [-0.2, -0.15) is 4.68 Å². The van der Waals surface area contributed by atoms with E-state index in [0.717, 1.165) is 9.55 Å². The van der Waals surface area contributed by atoms with Gasteiger partial charge >= 0.3 is 17.1 Å². The molecule has 0 saturated carbocycles. The number of rotatable bonds is 5. The first kappa shape index (κ1) is 19.7. The van der Waals surface area contributed by atoms with Crippen molar-refractivity contribution in [3.05, 3.63) is 66.5 Å². The first-order chi connectivity index (χ1) is 14.8. The quantitative estimate of drug-likeness (QED) is 0.369. The molecule has 4 N–H and O–H groups in total. The maximum absolute atomic E-state index is 12.2. The highest BCUT2D eigenvalue weighted by Crippen LogP contribution is 2.36. The van der Waals surface area contributed by atoms with E-state index in [1.165, 1.54) is 17.4 Å². The molecule has 1 unspecified atom stereocenters. The van der Waals surface area contributed by atoms with Crippen LogP contribution < -0.4 is 26.6 Å². The number of hydrogen-bond donors (Lipinski definition) is 4. The number of aromatic carboxylic acids is 1. The Bertz CT molecular complexity index is 1420. The number of benzene rings is 1. The van der Waals surface area contributed by atoms with Gasteiger partial charge in [-0.1, -0.05) is 12.1 Å². The van der Waals surface area contributed by atoms with Crippen LogP contribution in [0.25, 0.3) is 0 Å². The Morgan fingerprint density at radius 1 is 1.29 bits per heavy atom. The number of nitrogens with zero attached hydrogens (tertiary/aromatic N) is 2. The second-order valence-electron chi connectivity index (χ2n) is 7.14. The number of thiophene rings is 1. The number of anilines is 1. The number of amidine groups is 1. The van der Waals surface area contributed by atoms with Crippen LogP contribution in [-0.4, -0.2) is 42.6 Å². The van der Waals surface area contributed by atoms with Gasteiger partial charge in [0.15, 0.2) is 0 Å². The lowest BCUT2D eigenvalue weighted by Gasteiger charge is -2.23. The Kier molecular flexibility index (Phi) is 4.35. The highest BCUT2D eigenvalue weighted by Gasteiger charge is 2.32. The summed E-state index contributed by atoms with van der Waals surface area (Å²) in [5, 5.41) is 13.2. The highest BCUT2D eigenvalue weighted by molar-refractivity contribution is 7.90. The topological polar surface area (TPSA) is 159 Å². The summed E-state index contributed by atoms with van der Waals surface area (Å²) in [5.74, 6) is -0.904. The lowest BCUT2D eigenvalue weighted by Crippen LogP contribution is -2.38. The fraction of sp³-hybridized carbons (Fsp3) is 0.222. The van der Waals surface area contributed by atoms with Crippen molar-refractivity contribution in [1.82, 2.24) is 14.7 Å². The zero-order valence-electron chi connectivity index (χ0n) is 15.7. The third-order valence-electron chi connectivity index (χ3n) is 5.19. The van der Waals surface area contributed by atoms with E-state index in [-0.39, 0.29) is 33.9 Å². The number of fused-ring (bicyclic) bond motifs is 2. The largest absolute Gasteiger partial charge is 0.478 e. The Morgan fingerprint density at radius 3 is 2.74 bits per heavy atom. The molecule has 0 radical (unpaired) electrons. The second kappa shape index (κ2) is 6.87. The molecule has 2 aromatic heterocycles. The Morgan fingerprint density at radius 2 is 2.03 bits per heavy atom. The zero-order valence-corrected chi connectivity index (χ0v) is 17.3. The molecule has 0 saturated heterocycles. The molecule has 13 heteroatoms. The Labute approximate surface area is 178 Å². The van der Waals surface area contributed by atoms with Gasteiger partial charge in [-0.3, -0.25) is 24.7 Å². The average Bonchev–Trinajstić information content (AvgIpc) is 3.06. The van der Waals surface area contributed by atoms with Gasteiger partial charge in [-0.15, -0.1) is 11.3 Å². The first-order valence-electron chi connectivity index (χ1n) is 9.19. The number of carbonyl (C=O) groups is 1. The van der Waals surface area contributed by atoms with Crippen molar-refractivity contribution in [3.63, 3.8) is 0 Å². The van der Waals surface area contributed by atoms with Crippen LogP contribution in [0, 0.1) is 0 Å². The maximum atomic E-state index is 12.2. The summed E-state index contributed by atoms with van der Waals surface area (Å²) in [6.45, 7) is 0.619. The van der Waals surface area contributed by atoms with Crippen molar-refractivity contribution < 1.29 is 18.3 Å². The number of hydrogen-bond acceptors (Lipinski definition) is 9. The van der Waals surface area contributed by atoms with Crippen LogP contribution in [0.1, 0.15) is 26.4 Å². The summed E-state index contributed by atoms with van der Waals surface area (Å²) in [7, 11) is -3.63. The van der Waals surface area contributed by atoms with Crippen molar-refractivity contribution in [2.45, 2.75) is 23.9 Å². The maximum Gasteiger partial charge on any atom is 0.340 e. The normalized spacial score (nSPS) is 20.4. The number of aromatic nitrogens is 1. The van der Waals surface area contributed by atoms with Crippen molar-refractivity contribution in [1.29, 1.82) is 0 Å². The minimum Gasteiger partial charge on any atom is -0.478 e. The second-order valence-corrected chi connectivity index (χ2v) is 9.90. The number of sulfonamides is 1. The first-order valence-corrected chi connectivity index (χ1v) is 11.5. The van der Waals surface area contributed by atoms with Crippen molar-refractivity contribution in [3.8, 4) is 0 Å². The fourth-order valence-electron chi connectivity index (χ4n) is 3.65. The van der Waals surface area contributed by atoms with E-state index >= 15 is 0 Å². The molecule has 0 fully saturated rings. The zero-order chi connectivity index (χ0) is 21.9. The van der Waals surface area contributed by atoms with E-state index < -0.39 is 27.1 Å². The molecule has 0 aliphatic carbocycles. The van der Waals surface area contributed by atoms with Gasteiger partial charge in [0.25, 0.3) is 10.0 Å². The van der Waals surface area contributed by atoms with Crippen LogP contribution in [0.3, 0.4) is 0 Å². The Balaban J connectivity index is 1.39. The average molecular weight is 461 g/mol. The molecule has 0 bridgehead atoms. The lowest BCUT2D eigenvalue weighted by atomic mass is 9.98. The van der Waals surface area contributed by atoms with Gasteiger partial charge in [0.05, 0.1) is 17.0 Å². The summed E-state index contributed by atoms with van der Waals surface area (Å²) in [5.41, 5.74) is 2.28. The molecule has 4 heterocycles. The molecule has 1 atom stereocenters. The molecule has 5 rings (SSSR count). The smallest absolute Gasteiger partial charge is 0.340 e. The summed E-state index contributed by atoms with van der Waals surface area (Å²) >= 11 is 1.17. The highest BCUT2D eigenvalue weighted by atomic mass is 32.2. The molecule has 0 amide bonds. The molecule has 3 aromatic rings. The summed E-state index contributed by atoms with van der Waals surface area (Å²) < 4.78 is 27.6. The molecule has 2 aliphatic rings. The van der Waals surface area contributed by atoms with Crippen LogP contribution >= 0.6 is 11.3 Å². The standard InChI is InChI=1S/C18H15N5O6S2/c24-16-17(25)23(16)21-15-13(18(26)27)10-5-8(19-7-11(10)30-15)6-20-14-9-3-1-2-4-12(9)31(28,29)22-14/h1-4,8,19,21H,5-7H2,(H,20,22)(H,26,27). The summed E-state index contributed by atoms with van der Waals surface area (Å²) in [6.07, 6.45) is 0.349. The van der Waals surface area contributed by atoms with Gasteiger partial charge in [0, 0.05) is 23.0 Å². The van der Waals surface area contributed by atoms with Crippen molar-refractivity contribution in [2.75, 3.05) is 12.0 Å². The molecule has 11 nitrogen and oxygen atoms in total. The van der Waals surface area contributed by atoms with E-state index in [1.54, 1.807) is 18.2 Å². The number of aliphatic imine (C=N–C) groups is 1. The van der Waals surface area contributed by atoms with Crippen LogP contribution in [0.4, 0.5) is 5.00 Å². The fourth-order valence-corrected chi connectivity index (χ4v) is 6.06. The van der Waals surface area contributed by atoms with E-state index in [2.05, 4.69) is 20.5 Å². The van der Waals surface area contributed by atoms with Crippen LogP contribution in [0.15, 0.2) is 43.7 Å².